The van der Waals surface area contributed by atoms with Gasteiger partial charge in [0.15, 0.2) is 12.1 Å². The molecule has 1 fully saturated rings. The molecule has 244 valence electrons. The van der Waals surface area contributed by atoms with Gasteiger partial charge in [-0.3, -0.25) is 34.4 Å². The van der Waals surface area contributed by atoms with E-state index in [4.69, 9.17) is 23.9 Å². The number of amides is 1. The van der Waals surface area contributed by atoms with Gasteiger partial charge in [-0.2, -0.15) is 13.2 Å². The molecule has 0 spiro atoms. The molecule has 20 heteroatoms. The van der Waals surface area contributed by atoms with Crippen LogP contribution in [0.15, 0.2) is 47.5 Å². The maximum atomic E-state index is 14.8. The van der Waals surface area contributed by atoms with Crippen LogP contribution in [0.2, 0.25) is 0 Å². The van der Waals surface area contributed by atoms with E-state index in [9.17, 15) is 46.5 Å². The number of hydrogen-bond acceptors (Lipinski definition) is 11. The van der Waals surface area contributed by atoms with E-state index in [-0.39, 0.29) is 23.6 Å². The van der Waals surface area contributed by atoms with Gasteiger partial charge in [-0.05, 0) is 42.0 Å². The number of halogens is 5. The molecule has 4 N–H and O–H groups in total. The molecule has 2 heterocycles. The zero-order chi connectivity index (χ0) is 33.2. The number of alkyl halides is 5. The van der Waals surface area contributed by atoms with Crippen molar-refractivity contribution in [2.45, 2.75) is 50.0 Å². The molecule has 0 aromatic heterocycles. The summed E-state index contributed by atoms with van der Waals surface area (Å²) in [6.07, 6.45) is -10.3. The molecular weight excluding hydrogens is 640 g/mol. The number of nitro groups is 1. The first-order valence-electron chi connectivity index (χ1n) is 12.9. The lowest BCUT2D eigenvalue weighted by Crippen LogP contribution is -2.53. The van der Waals surface area contributed by atoms with Crippen molar-refractivity contribution in [1.29, 1.82) is 5.41 Å². The lowest BCUT2D eigenvalue weighted by atomic mass is 10.00. The van der Waals surface area contributed by atoms with E-state index < -0.39 is 85.3 Å². The molecule has 4 rings (SSSR count). The number of benzene rings is 2. The summed E-state index contributed by atoms with van der Waals surface area (Å²) in [6.45, 7) is 0.0780. The maximum Gasteiger partial charge on any atom is 0.416 e. The average Bonchev–Trinajstić information content (AvgIpc) is 3.18. The minimum atomic E-state index is -4.61. The quantitative estimate of drug-likeness (QED) is 0.112. The van der Waals surface area contributed by atoms with Crippen molar-refractivity contribution in [2.75, 3.05) is 13.2 Å². The largest absolute Gasteiger partial charge is 0.450 e. The van der Waals surface area contributed by atoms with Gasteiger partial charge in [0.2, 0.25) is 5.75 Å². The van der Waals surface area contributed by atoms with Gasteiger partial charge in [-0.25, -0.2) is 18.4 Å². The van der Waals surface area contributed by atoms with Crippen molar-refractivity contribution in [1.82, 2.24) is 10.4 Å². The van der Waals surface area contributed by atoms with Crippen molar-refractivity contribution in [2.24, 2.45) is 4.99 Å². The zero-order valence-electron chi connectivity index (χ0n) is 23.0. The predicted molar refractivity (Wildman–Crippen MR) is 144 cm³/mol. The van der Waals surface area contributed by atoms with E-state index in [0.717, 1.165) is 42.6 Å². The number of nitrogens with one attached hydrogen (secondary N) is 3. The summed E-state index contributed by atoms with van der Waals surface area (Å²) in [5.74, 6) is -5.98. The Morgan fingerprint density at radius 2 is 1.91 bits per heavy atom. The molecule has 2 aromatic carbocycles. The molecule has 45 heavy (non-hydrogen) atoms. The smallest absolute Gasteiger partial charge is 0.416 e. The lowest BCUT2D eigenvalue weighted by molar-refractivity contribution is -0.385. The van der Waals surface area contributed by atoms with Crippen LogP contribution in [0.5, 0.6) is 11.5 Å². The summed E-state index contributed by atoms with van der Waals surface area (Å²) in [7, 11) is -4.32. The summed E-state index contributed by atoms with van der Waals surface area (Å²) in [5, 5.41) is 33.5. The Morgan fingerprint density at radius 1 is 1.22 bits per heavy atom. The molecular formula is C25H25F5N5O9P. The van der Waals surface area contributed by atoms with Crippen molar-refractivity contribution >= 4 is 31.4 Å². The molecule has 0 radical (unpaired) electrons. The molecule has 0 aliphatic carbocycles. The van der Waals surface area contributed by atoms with Crippen LogP contribution < -0.4 is 15.1 Å². The highest BCUT2D eigenvalue weighted by Gasteiger charge is 2.62. The highest BCUT2D eigenvalue weighted by Crippen LogP contribution is 2.47. The second kappa shape index (κ2) is 13.2. The summed E-state index contributed by atoms with van der Waals surface area (Å²) in [6, 6.07) is 4.96. The second-order valence-corrected chi connectivity index (χ2v) is 11.4. The Morgan fingerprint density at radius 3 is 2.51 bits per heavy atom. The van der Waals surface area contributed by atoms with Crippen LogP contribution in [0, 0.1) is 15.5 Å². The van der Waals surface area contributed by atoms with Crippen LogP contribution in [0.1, 0.15) is 18.1 Å². The van der Waals surface area contributed by atoms with Gasteiger partial charge in [0.1, 0.15) is 23.8 Å². The minimum absolute atomic E-state index is 0.00436. The molecule has 0 saturated carbocycles. The van der Waals surface area contributed by atoms with E-state index in [1.165, 1.54) is 13.0 Å². The van der Waals surface area contributed by atoms with Gasteiger partial charge >= 0.3 is 25.5 Å². The Labute approximate surface area is 250 Å². The molecule has 0 bridgehead atoms. The second-order valence-electron chi connectivity index (χ2n) is 9.60. The van der Waals surface area contributed by atoms with Gasteiger partial charge in [-0.15, -0.1) is 0 Å². The highest BCUT2D eigenvalue weighted by atomic mass is 31.2. The fourth-order valence-electron chi connectivity index (χ4n) is 4.24. The number of nitro benzene ring substituents is 1. The van der Waals surface area contributed by atoms with Gasteiger partial charge in [0, 0.05) is 12.6 Å². The van der Waals surface area contributed by atoms with Crippen LogP contribution >= 0.6 is 7.75 Å². The predicted octanol–water partition coefficient (Wildman–Crippen LogP) is 3.97. The number of aliphatic imine (C=N–C) groups is 1. The molecule has 2 aromatic rings. The third-order valence-corrected chi connectivity index (χ3v) is 8.08. The van der Waals surface area contributed by atoms with Crippen LogP contribution in [0.25, 0.3) is 0 Å². The first-order valence-corrected chi connectivity index (χ1v) is 14.5. The fourth-order valence-corrected chi connectivity index (χ4v) is 5.54. The van der Waals surface area contributed by atoms with Gasteiger partial charge in [0.25, 0.3) is 5.91 Å². The topological polar surface area (TPSA) is 195 Å². The molecule has 1 amide bonds. The Bertz CT molecular complexity index is 1530. The van der Waals surface area contributed by atoms with Crippen LogP contribution in [-0.4, -0.2) is 71.4 Å². The van der Waals surface area contributed by atoms with E-state index in [0.29, 0.717) is 0 Å². The fraction of sp³-hybridized carbons (Fsp3) is 0.400. The summed E-state index contributed by atoms with van der Waals surface area (Å²) < 4.78 is 103. The van der Waals surface area contributed by atoms with E-state index in [2.05, 4.69) is 10.1 Å². The van der Waals surface area contributed by atoms with E-state index in [1.807, 2.05) is 5.32 Å². The number of aliphatic hydroxyl groups excluding tert-OH is 1. The van der Waals surface area contributed by atoms with Gasteiger partial charge < -0.3 is 19.9 Å². The van der Waals surface area contributed by atoms with Crippen molar-refractivity contribution < 1.29 is 59.9 Å². The van der Waals surface area contributed by atoms with E-state index >= 15 is 0 Å². The SMILES string of the molecule is CCNP(=O)(OCc1ccc([N+](=O)[O-])c(Oc2ccc(C(F)(F)F)cc2)c1)OCC1OC(C2N=CC(=N)NC2=O)C(F)(F)C1O. The number of amidine groups is 1. The number of rotatable bonds is 12. The summed E-state index contributed by atoms with van der Waals surface area (Å²) in [4.78, 5) is 26.4. The molecule has 5 atom stereocenters. The Balaban J connectivity index is 1.45. The van der Waals surface area contributed by atoms with Gasteiger partial charge in [-0.1, -0.05) is 6.92 Å². The average molecular weight is 665 g/mol. The molecule has 14 nitrogen and oxygen atoms in total. The van der Waals surface area contributed by atoms with Crippen molar-refractivity contribution in [3.8, 4) is 11.5 Å². The first-order chi connectivity index (χ1) is 21.0. The zero-order valence-corrected chi connectivity index (χ0v) is 23.9. The number of carbonyl (C=O) groups excluding carboxylic acids is 1. The molecule has 5 unspecified atom stereocenters. The van der Waals surface area contributed by atoms with Crippen molar-refractivity contribution in [3.63, 3.8) is 0 Å². The summed E-state index contributed by atoms with van der Waals surface area (Å²) >= 11 is 0. The number of nitrogens with zero attached hydrogens (tertiary/aromatic N) is 2. The number of ether oxygens (including phenoxy) is 2. The monoisotopic (exact) mass is 665 g/mol. The standard InChI is InChI=1S/C25H25F5N5O9P/c1-2-33-45(40,42-12-18-21(36)24(26,27)22(44-18)20-23(37)34-19(31)10-32-20)41-11-13-3-8-16(35(38)39)17(9-13)43-15-6-4-14(5-7-15)25(28,29)30/h3-10,18,20-22,36H,2,11-12H2,1H3,(H,33,40)(H2,31,34,37). The third-order valence-electron chi connectivity index (χ3n) is 6.42. The number of aliphatic hydroxyl groups is 1. The van der Waals surface area contributed by atoms with Crippen LogP contribution in [-0.2, 0) is 35.9 Å². The minimum Gasteiger partial charge on any atom is -0.450 e. The highest BCUT2D eigenvalue weighted by molar-refractivity contribution is 7.51. The van der Waals surface area contributed by atoms with Crippen LogP contribution in [0.4, 0.5) is 27.6 Å². The third kappa shape index (κ3) is 7.86. The number of hydrogen-bond donors (Lipinski definition) is 4. The van der Waals surface area contributed by atoms with E-state index in [1.54, 1.807) is 0 Å². The van der Waals surface area contributed by atoms with Crippen LogP contribution in [0.3, 0.4) is 0 Å². The molecule has 2 aliphatic rings. The lowest BCUT2D eigenvalue weighted by Gasteiger charge is -2.26. The Kier molecular flexibility index (Phi) is 10.0. The molecule has 2 aliphatic heterocycles. The van der Waals surface area contributed by atoms with Gasteiger partial charge in [0.05, 0.1) is 29.9 Å². The molecule has 1 saturated heterocycles. The number of carbonyl (C=O) groups is 1. The summed E-state index contributed by atoms with van der Waals surface area (Å²) in [5.41, 5.74) is -1.37. The first kappa shape index (κ1) is 34.0. The van der Waals surface area contributed by atoms with Crippen molar-refractivity contribution in [3.05, 3.63) is 63.7 Å². The maximum absolute atomic E-state index is 14.8. The Hall–Kier alpha value is -3.87. The normalized spacial score (nSPS) is 24.2.